The quantitative estimate of drug-likeness (QED) is 0.815. The van der Waals surface area contributed by atoms with Crippen LogP contribution in [-0.4, -0.2) is 27.4 Å². The summed E-state index contributed by atoms with van der Waals surface area (Å²) >= 11 is 6.15. The lowest BCUT2D eigenvalue weighted by Gasteiger charge is -2.20. The molecule has 0 aromatic carbocycles. The van der Waals surface area contributed by atoms with Crippen LogP contribution >= 0.6 is 11.6 Å². The van der Waals surface area contributed by atoms with Gasteiger partial charge in [0.25, 0.3) is 0 Å². The van der Waals surface area contributed by atoms with Gasteiger partial charge in [0.05, 0.1) is 16.8 Å². The van der Waals surface area contributed by atoms with E-state index in [4.69, 9.17) is 11.6 Å². The highest BCUT2D eigenvalue weighted by atomic mass is 35.5. The Morgan fingerprint density at radius 1 is 1.53 bits per heavy atom. The molecule has 3 rings (SSSR count). The Morgan fingerprint density at radius 3 is 3.18 bits per heavy atom. The largest absolute Gasteiger partial charge is 0.306 e. The van der Waals surface area contributed by atoms with Crippen molar-refractivity contribution in [3.63, 3.8) is 0 Å². The summed E-state index contributed by atoms with van der Waals surface area (Å²) in [6, 6.07) is 4.31. The average molecular weight is 250 g/mol. The summed E-state index contributed by atoms with van der Waals surface area (Å²) in [7, 11) is 0. The van der Waals surface area contributed by atoms with E-state index in [1.165, 1.54) is 19.4 Å². The molecule has 0 spiro atoms. The van der Waals surface area contributed by atoms with Gasteiger partial charge in [-0.15, -0.1) is 0 Å². The third kappa shape index (κ3) is 1.83. The van der Waals surface area contributed by atoms with Gasteiger partial charge in [-0.1, -0.05) is 18.5 Å². The van der Waals surface area contributed by atoms with Crippen molar-refractivity contribution in [2.45, 2.75) is 25.8 Å². The zero-order valence-electron chi connectivity index (χ0n) is 9.93. The third-order valence-corrected chi connectivity index (χ3v) is 3.86. The summed E-state index contributed by atoms with van der Waals surface area (Å²) in [6.45, 7) is 4.48. The molecule has 1 saturated heterocycles. The maximum atomic E-state index is 6.15. The van der Waals surface area contributed by atoms with Crippen molar-refractivity contribution in [2.75, 3.05) is 13.1 Å². The number of pyridine rings is 1. The van der Waals surface area contributed by atoms with Crippen LogP contribution in [0.4, 0.5) is 0 Å². The number of hydrogen-bond acceptors (Lipinski definition) is 2. The van der Waals surface area contributed by atoms with Crippen LogP contribution in [0, 0.1) is 0 Å². The van der Waals surface area contributed by atoms with Crippen molar-refractivity contribution < 1.29 is 0 Å². The zero-order chi connectivity index (χ0) is 11.8. The first-order chi connectivity index (χ1) is 8.29. The second kappa shape index (κ2) is 4.31. The molecule has 1 fully saturated rings. The standard InChI is InChI=1S/C13H16ClN3/c1-2-16-7-4-6-12(16)11-9-17-8-3-5-10(14)13(17)15-11/h3,5,8-9,12H,2,4,6-7H2,1H3. The molecule has 0 N–H and O–H groups in total. The predicted molar refractivity (Wildman–Crippen MR) is 69.4 cm³/mol. The number of nitrogens with zero attached hydrogens (tertiary/aromatic N) is 3. The van der Waals surface area contributed by atoms with Gasteiger partial charge in [-0.25, -0.2) is 4.98 Å². The Balaban J connectivity index is 2.03. The predicted octanol–water partition coefficient (Wildman–Crippen LogP) is 3.14. The minimum absolute atomic E-state index is 0.468. The molecule has 3 nitrogen and oxygen atoms in total. The first kappa shape index (κ1) is 11.1. The summed E-state index contributed by atoms with van der Waals surface area (Å²) in [5.74, 6) is 0. The van der Waals surface area contributed by atoms with Crippen LogP contribution in [0.1, 0.15) is 31.5 Å². The Morgan fingerprint density at radius 2 is 2.41 bits per heavy atom. The van der Waals surface area contributed by atoms with Crippen LogP contribution in [0.5, 0.6) is 0 Å². The number of hydrogen-bond donors (Lipinski definition) is 0. The molecule has 3 heterocycles. The van der Waals surface area contributed by atoms with Gasteiger partial charge >= 0.3 is 0 Å². The Kier molecular flexibility index (Phi) is 2.81. The monoisotopic (exact) mass is 249 g/mol. The summed E-state index contributed by atoms with van der Waals surface area (Å²) in [5.41, 5.74) is 2.02. The zero-order valence-corrected chi connectivity index (χ0v) is 10.7. The molecule has 90 valence electrons. The van der Waals surface area contributed by atoms with Crippen LogP contribution in [0.3, 0.4) is 0 Å². The lowest BCUT2D eigenvalue weighted by Crippen LogP contribution is -2.22. The minimum Gasteiger partial charge on any atom is -0.306 e. The highest BCUT2D eigenvalue weighted by molar-refractivity contribution is 6.33. The minimum atomic E-state index is 0.468. The Bertz CT molecular complexity index is 534. The van der Waals surface area contributed by atoms with Gasteiger partial charge in [-0.05, 0) is 38.1 Å². The number of halogens is 1. The fourth-order valence-electron chi connectivity index (χ4n) is 2.70. The highest BCUT2D eigenvalue weighted by Gasteiger charge is 2.26. The molecule has 2 aromatic heterocycles. The van der Waals surface area contributed by atoms with Crippen LogP contribution in [0.25, 0.3) is 5.65 Å². The molecule has 4 heteroatoms. The fourth-order valence-corrected chi connectivity index (χ4v) is 2.91. The third-order valence-electron chi connectivity index (χ3n) is 3.57. The maximum absolute atomic E-state index is 6.15. The van der Waals surface area contributed by atoms with Crippen LogP contribution in [0.2, 0.25) is 5.02 Å². The van der Waals surface area contributed by atoms with Crippen LogP contribution < -0.4 is 0 Å². The number of fused-ring (bicyclic) bond motifs is 1. The molecular weight excluding hydrogens is 234 g/mol. The van der Waals surface area contributed by atoms with Gasteiger partial charge in [0, 0.05) is 12.4 Å². The van der Waals surface area contributed by atoms with E-state index in [2.05, 4.69) is 23.0 Å². The number of rotatable bonds is 2. The molecular formula is C13H16ClN3. The molecule has 0 saturated carbocycles. The van der Waals surface area contributed by atoms with E-state index in [0.717, 1.165) is 22.9 Å². The van der Waals surface area contributed by atoms with E-state index in [-0.39, 0.29) is 0 Å². The highest BCUT2D eigenvalue weighted by Crippen LogP contribution is 2.31. The van der Waals surface area contributed by atoms with Crippen LogP contribution in [-0.2, 0) is 0 Å². The van der Waals surface area contributed by atoms with E-state index in [0.29, 0.717) is 6.04 Å². The molecule has 17 heavy (non-hydrogen) atoms. The van der Waals surface area contributed by atoms with Crippen molar-refractivity contribution >= 4 is 17.2 Å². The molecule has 1 atom stereocenters. The van der Waals surface area contributed by atoms with Gasteiger partial charge in [-0.2, -0.15) is 0 Å². The van der Waals surface area contributed by atoms with Gasteiger partial charge in [0.1, 0.15) is 0 Å². The van der Waals surface area contributed by atoms with E-state index in [1.54, 1.807) is 0 Å². The molecule has 0 radical (unpaired) electrons. The first-order valence-corrected chi connectivity index (χ1v) is 6.54. The molecule has 1 unspecified atom stereocenters. The lowest BCUT2D eigenvalue weighted by molar-refractivity contribution is 0.268. The van der Waals surface area contributed by atoms with Gasteiger partial charge in [0.15, 0.2) is 5.65 Å². The topological polar surface area (TPSA) is 20.5 Å². The molecule has 0 aliphatic carbocycles. The maximum Gasteiger partial charge on any atom is 0.155 e. The second-order valence-electron chi connectivity index (χ2n) is 4.54. The van der Waals surface area contributed by atoms with Crippen molar-refractivity contribution in [3.05, 3.63) is 35.2 Å². The Hall–Kier alpha value is -1.06. The van der Waals surface area contributed by atoms with E-state index < -0.39 is 0 Å². The molecule has 2 aromatic rings. The smallest absolute Gasteiger partial charge is 0.155 e. The normalized spacial score (nSPS) is 21.4. The molecule has 1 aliphatic heterocycles. The van der Waals surface area contributed by atoms with E-state index >= 15 is 0 Å². The first-order valence-electron chi connectivity index (χ1n) is 6.16. The summed E-state index contributed by atoms with van der Waals surface area (Å²) in [5, 5.41) is 0.722. The average Bonchev–Trinajstić information content (AvgIpc) is 2.94. The van der Waals surface area contributed by atoms with Crippen molar-refractivity contribution in [1.29, 1.82) is 0 Å². The van der Waals surface area contributed by atoms with Gasteiger partial charge in [0.2, 0.25) is 0 Å². The summed E-state index contributed by atoms with van der Waals surface area (Å²) < 4.78 is 2.02. The van der Waals surface area contributed by atoms with E-state index in [9.17, 15) is 0 Å². The molecule has 0 amide bonds. The summed E-state index contributed by atoms with van der Waals surface area (Å²) in [4.78, 5) is 7.16. The number of imidazole rings is 1. The SMILES string of the molecule is CCN1CCCC1c1cn2cccc(Cl)c2n1. The van der Waals surface area contributed by atoms with E-state index in [1.807, 2.05) is 22.7 Å². The Labute approximate surface area is 106 Å². The van der Waals surface area contributed by atoms with Gasteiger partial charge < -0.3 is 4.40 Å². The summed E-state index contributed by atoms with van der Waals surface area (Å²) in [6.07, 6.45) is 6.58. The lowest BCUT2D eigenvalue weighted by atomic mass is 10.1. The molecule has 1 aliphatic rings. The van der Waals surface area contributed by atoms with Crippen molar-refractivity contribution in [2.24, 2.45) is 0 Å². The van der Waals surface area contributed by atoms with Crippen molar-refractivity contribution in [1.82, 2.24) is 14.3 Å². The number of aromatic nitrogens is 2. The van der Waals surface area contributed by atoms with Gasteiger partial charge in [-0.3, -0.25) is 4.90 Å². The fraction of sp³-hybridized carbons (Fsp3) is 0.462. The molecule has 0 bridgehead atoms. The second-order valence-corrected chi connectivity index (χ2v) is 4.95. The van der Waals surface area contributed by atoms with Crippen molar-refractivity contribution in [3.8, 4) is 0 Å². The number of likely N-dealkylation sites (tertiary alicyclic amines) is 1. The van der Waals surface area contributed by atoms with Crippen LogP contribution in [0.15, 0.2) is 24.5 Å².